The third-order valence-corrected chi connectivity index (χ3v) is 2.64. The molecule has 0 N–H and O–H groups in total. The van der Waals surface area contributed by atoms with Gasteiger partial charge in [0, 0.05) is 29.4 Å². The van der Waals surface area contributed by atoms with Crippen LogP contribution in [-0.4, -0.2) is 43.0 Å². The number of esters is 1. The number of ether oxygens (including phenoxy) is 1. The Balaban J connectivity index is 0.00000324. The summed E-state index contributed by atoms with van der Waals surface area (Å²) in [5.74, 6) is -3.29. The monoisotopic (exact) mass is 275 g/mol. The van der Waals surface area contributed by atoms with Crippen molar-refractivity contribution in [1.82, 2.24) is 0 Å². The topological polar surface area (TPSA) is 60.4 Å². The molecule has 97 valence electrons. The fourth-order valence-electron chi connectivity index (χ4n) is 1.36. The van der Waals surface area contributed by atoms with Gasteiger partial charge in [-0.25, -0.2) is 4.79 Å². The summed E-state index contributed by atoms with van der Waals surface area (Å²) in [5, 5.41) is 0.496. The smallest absolute Gasteiger partial charge is 0.375 e. The van der Waals surface area contributed by atoms with Gasteiger partial charge < -0.3 is 4.74 Å². The second-order valence-corrected chi connectivity index (χ2v) is 4.11. The predicted octanol–water partition coefficient (Wildman–Crippen LogP) is 1.91. The quantitative estimate of drug-likeness (QED) is 0.271. The third kappa shape index (κ3) is 4.83. The van der Waals surface area contributed by atoms with E-state index in [1.807, 2.05) is 0 Å². The van der Waals surface area contributed by atoms with E-state index in [-0.39, 0.29) is 25.5 Å². The zero-order valence-corrected chi connectivity index (χ0v) is 11.9. The van der Waals surface area contributed by atoms with E-state index in [0.29, 0.717) is 10.6 Å². The molecule has 0 aliphatic heterocycles. The van der Waals surface area contributed by atoms with Crippen LogP contribution in [0.25, 0.3) is 0 Å². The SMILES string of the molecule is CCOC(=O)C(=O)C(C)C(=O)c1ccc(Cl)cc1.[Li]. The molecule has 0 aliphatic rings. The molecule has 4 nitrogen and oxygen atoms in total. The van der Waals surface area contributed by atoms with Gasteiger partial charge in [-0.1, -0.05) is 11.6 Å². The molecule has 1 rings (SSSR count). The largest absolute Gasteiger partial charge is 0.460 e. The van der Waals surface area contributed by atoms with Crippen LogP contribution in [0.4, 0.5) is 0 Å². The van der Waals surface area contributed by atoms with Crippen LogP contribution in [-0.2, 0) is 14.3 Å². The summed E-state index contributed by atoms with van der Waals surface area (Å²) in [6.45, 7) is 3.08. The standard InChI is InChI=1S/C13H13ClO4.Li/c1-3-18-13(17)12(16)8(2)11(15)9-4-6-10(14)7-5-9;/h4-8H,3H2,1-2H3;. The number of carbonyl (C=O) groups is 3. The molecule has 0 saturated heterocycles. The molecule has 19 heavy (non-hydrogen) atoms. The Bertz CT molecular complexity index is 470. The molecular formula is C13H13ClLiO4. The van der Waals surface area contributed by atoms with Gasteiger partial charge in [-0.2, -0.15) is 0 Å². The van der Waals surface area contributed by atoms with Crippen LogP contribution >= 0.6 is 11.6 Å². The average molecular weight is 276 g/mol. The zero-order valence-electron chi connectivity index (χ0n) is 11.1. The maximum atomic E-state index is 11.9. The number of benzene rings is 1. The van der Waals surface area contributed by atoms with Gasteiger partial charge in [0.15, 0.2) is 5.78 Å². The third-order valence-electron chi connectivity index (χ3n) is 2.39. The minimum atomic E-state index is -1.05. The molecule has 0 aliphatic carbocycles. The Morgan fingerprint density at radius 1 is 1.21 bits per heavy atom. The molecule has 1 radical (unpaired) electrons. The van der Waals surface area contributed by atoms with Crippen LogP contribution in [0.3, 0.4) is 0 Å². The molecule has 0 saturated carbocycles. The molecule has 0 amide bonds. The first-order chi connectivity index (χ1) is 8.47. The Morgan fingerprint density at radius 2 is 1.74 bits per heavy atom. The van der Waals surface area contributed by atoms with E-state index in [1.54, 1.807) is 19.1 Å². The van der Waals surface area contributed by atoms with E-state index in [0.717, 1.165) is 0 Å². The average Bonchev–Trinajstić information content (AvgIpc) is 2.37. The Labute approximate surface area is 128 Å². The van der Waals surface area contributed by atoms with Gasteiger partial charge in [0.05, 0.1) is 12.5 Å². The molecule has 1 atom stereocenters. The van der Waals surface area contributed by atoms with Crippen LogP contribution in [0.1, 0.15) is 24.2 Å². The van der Waals surface area contributed by atoms with Crippen molar-refractivity contribution >= 4 is 48.0 Å². The fourth-order valence-corrected chi connectivity index (χ4v) is 1.49. The second-order valence-electron chi connectivity index (χ2n) is 3.68. The first kappa shape index (κ1) is 17.9. The van der Waals surface area contributed by atoms with Crippen molar-refractivity contribution in [3.05, 3.63) is 34.9 Å². The molecule has 1 unspecified atom stereocenters. The van der Waals surface area contributed by atoms with E-state index in [1.165, 1.54) is 19.1 Å². The molecule has 6 heteroatoms. The van der Waals surface area contributed by atoms with Crippen molar-refractivity contribution in [1.29, 1.82) is 0 Å². The summed E-state index contributed by atoms with van der Waals surface area (Å²) in [4.78, 5) is 34.8. The first-order valence-electron chi connectivity index (χ1n) is 5.48. The van der Waals surface area contributed by atoms with Crippen molar-refractivity contribution in [2.75, 3.05) is 6.61 Å². The van der Waals surface area contributed by atoms with Gasteiger partial charge in [0.1, 0.15) is 0 Å². The molecule has 1 aromatic carbocycles. The summed E-state index contributed by atoms with van der Waals surface area (Å²) >= 11 is 5.70. The minimum Gasteiger partial charge on any atom is -0.460 e. The molecule has 0 heterocycles. The number of rotatable bonds is 5. The van der Waals surface area contributed by atoms with Crippen molar-refractivity contribution in [3.63, 3.8) is 0 Å². The summed E-state index contributed by atoms with van der Waals surface area (Å²) in [6, 6.07) is 6.13. The Hall–Kier alpha value is -1.08. The molecule has 0 fully saturated rings. The maximum absolute atomic E-state index is 11.9. The van der Waals surface area contributed by atoms with E-state index < -0.39 is 23.5 Å². The molecule has 1 aromatic rings. The summed E-state index contributed by atoms with van der Waals surface area (Å²) in [6.07, 6.45) is 0. The number of ketones is 2. The van der Waals surface area contributed by atoms with E-state index in [4.69, 9.17) is 11.6 Å². The van der Waals surface area contributed by atoms with E-state index in [2.05, 4.69) is 4.74 Å². The van der Waals surface area contributed by atoms with Gasteiger partial charge in [-0.15, -0.1) is 0 Å². The van der Waals surface area contributed by atoms with Crippen LogP contribution < -0.4 is 0 Å². The molecule has 0 bridgehead atoms. The van der Waals surface area contributed by atoms with Crippen LogP contribution in [0.15, 0.2) is 24.3 Å². The Morgan fingerprint density at radius 3 is 2.21 bits per heavy atom. The second kappa shape index (κ2) is 8.16. The van der Waals surface area contributed by atoms with Gasteiger partial charge in [0.2, 0.25) is 0 Å². The molecule has 0 spiro atoms. The number of halogens is 1. The summed E-state index contributed by atoms with van der Waals surface area (Å²) in [7, 11) is 0. The van der Waals surface area contributed by atoms with Crippen molar-refractivity contribution in [2.45, 2.75) is 13.8 Å². The van der Waals surface area contributed by atoms with Crippen LogP contribution in [0.5, 0.6) is 0 Å². The minimum absolute atomic E-state index is 0. The predicted molar refractivity (Wildman–Crippen MR) is 72.3 cm³/mol. The number of Topliss-reactive ketones (excluding diaryl/α,β-unsaturated/α-hetero) is 2. The molecular weight excluding hydrogens is 263 g/mol. The van der Waals surface area contributed by atoms with Crippen molar-refractivity contribution in [2.24, 2.45) is 5.92 Å². The first-order valence-corrected chi connectivity index (χ1v) is 5.86. The maximum Gasteiger partial charge on any atom is 0.375 e. The summed E-state index contributed by atoms with van der Waals surface area (Å²) in [5.41, 5.74) is 0.338. The van der Waals surface area contributed by atoms with Gasteiger partial charge in [-0.3, -0.25) is 9.59 Å². The van der Waals surface area contributed by atoms with Crippen LogP contribution in [0, 0.1) is 5.92 Å². The van der Waals surface area contributed by atoms with Crippen molar-refractivity contribution in [3.8, 4) is 0 Å². The van der Waals surface area contributed by atoms with Crippen LogP contribution in [0.2, 0.25) is 5.02 Å². The Kier molecular flexibility index (Phi) is 7.70. The number of hydrogen-bond donors (Lipinski definition) is 0. The van der Waals surface area contributed by atoms with Gasteiger partial charge in [0.25, 0.3) is 5.78 Å². The van der Waals surface area contributed by atoms with E-state index >= 15 is 0 Å². The van der Waals surface area contributed by atoms with E-state index in [9.17, 15) is 14.4 Å². The zero-order chi connectivity index (χ0) is 13.7. The van der Waals surface area contributed by atoms with Gasteiger partial charge >= 0.3 is 5.97 Å². The number of carbonyl (C=O) groups excluding carboxylic acids is 3. The fraction of sp³-hybridized carbons (Fsp3) is 0.308. The molecule has 0 aromatic heterocycles. The number of hydrogen-bond acceptors (Lipinski definition) is 4. The van der Waals surface area contributed by atoms with Crippen molar-refractivity contribution < 1.29 is 19.1 Å². The van der Waals surface area contributed by atoms with Gasteiger partial charge in [-0.05, 0) is 38.1 Å². The normalized spacial score (nSPS) is 11.1. The summed E-state index contributed by atoms with van der Waals surface area (Å²) < 4.78 is 4.57.